The van der Waals surface area contributed by atoms with Crippen molar-refractivity contribution in [3.05, 3.63) is 19.2 Å². The Morgan fingerprint density at radius 3 is 2.47 bits per heavy atom. The van der Waals surface area contributed by atoms with Crippen LogP contribution < -0.4 is 5.32 Å². The summed E-state index contributed by atoms with van der Waals surface area (Å²) in [5, 5.41) is 3.07. The molecule has 2 rings (SSSR count). The van der Waals surface area contributed by atoms with E-state index in [4.69, 9.17) is 0 Å². The highest BCUT2D eigenvalue weighted by atomic mass is 79.9. The third-order valence-corrected chi connectivity index (χ3v) is 7.22. The van der Waals surface area contributed by atoms with Gasteiger partial charge in [-0.05, 0) is 62.6 Å². The Morgan fingerprint density at radius 2 is 1.95 bits per heavy atom. The number of rotatable bonds is 4. The molecule has 19 heavy (non-hydrogen) atoms. The maximum absolute atomic E-state index is 12.0. The van der Waals surface area contributed by atoms with Crippen LogP contribution >= 0.6 is 43.2 Å². The van der Waals surface area contributed by atoms with Crippen LogP contribution in [0.1, 0.15) is 48.7 Å². The highest BCUT2D eigenvalue weighted by Crippen LogP contribution is 2.33. The Morgan fingerprint density at radius 1 is 1.32 bits per heavy atom. The van der Waals surface area contributed by atoms with Gasteiger partial charge < -0.3 is 5.32 Å². The van der Waals surface area contributed by atoms with Gasteiger partial charge in [0.15, 0.2) is 0 Å². The van der Waals surface area contributed by atoms with E-state index in [1.165, 1.54) is 43.4 Å². The zero-order valence-electron chi connectivity index (χ0n) is 11.0. The SMILES string of the molecule is CCC1CCC(CNC(=O)c2cc(Br)c(Br)s2)CC1. The molecular weight excluding hydrogens is 390 g/mol. The van der Waals surface area contributed by atoms with Gasteiger partial charge in [0, 0.05) is 11.0 Å². The lowest BCUT2D eigenvalue weighted by molar-refractivity contribution is 0.0945. The summed E-state index contributed by atoms with van der Waals surface area (Å²) < 4.78 is 1.92. The molecule has 1 aromatic rings. The molecule has 1 aliphatic carbocycles. The van der Waals surface area contributed by atoms with Gasteiger partial charge in [0.05, 0.1) is 8.66 Å². The zero-order chi connectivity index (χ0) is 13.8. The minimum absolute atomic E-state index is 0.0500. The normalized spacial score (nSPS) is 23.3. The molecule has 0 aliphatic heterocycles. The standard InChI is InChI=1S/C14H19Br2NOS/c1-2-9-3-5-10(6-4-9)8-17-14(18)12-7-11(15)13(16)19-12/h7,9-10H,2-6,8H2,1H3,(H,17,18). The molecule has 0 spiro atoms. The second-order valence-electron chi connectivity index (χ2n) is 5.24. The van der Waals surface area contributed by atoms with E-state index in [9.17, 15) is 4.79 Å². The van der Waals surface area contributed by atoms with Gasteiger partial charge in [0.2, 0.25) is 0 Å². The second kappa shape index (κ2) is 7.23. The van der Waals surface area contributed by atoms with Crippen LogP contribution in [0, 0.1) is 11.8 Å². The summed E-state index contributed by atoms with van der Waals surface area (Å²) in [5.41, 5.74) is 0. The highest BCUT2D eigenvalue weighted by Gasteiger charge is 2.21. The Hall–Kier alpha value is 0.130. The highest BCUT2D eigenvalue weighted by molar-refractivity contribution is 9.13. The van der Waals surface area contributed by atoms with Crippen LogP contribution in [0.3, 0.4) is 0 Å². The van der Waals surface area contributed by atoms with E-state index >= 15 is 0 Å². The van der Waals surface area contributed by atoms with E-state index in [1.807, 2.05) is 6.07 Å². The number of hydrogen-bond acceptors (Lipinski definition) is 2. The van der Waals surface area contributed by atoms with Crippen LogP contribution in [0.4, 0.5) is 0 Å². The summed E-state index contributed by atoms with van der Waals surface area (Å²) in [6.07, 6.45) is 6.48. The fourth-order valence-electron chi connectivity index (χ4n) is 2.63. The smallest absolute Gasteiger partial charge is 0.261 e. The molecule has 1 aliphatic rings. The van der Waals surface area contributed by atoms with Crippen molar-refractivity contribution in [2.24, 2.45) is 11.8 Å². The quantitative estimate of drug-likeness (QED) is 0.726. The van der Waals surface area contributed by atoms with Crippen molar-refractivity contribution in [3.63, 3.8) is 0 Å². The molecular formula is C14H19Br2NOS. The van der Waals surface area contributed by atoms with Gasteiger partial charge in [-0.2, -0.15) is 0 Å². The van der Waals surface area contributed by atoms with Gasteiger partial charge >= 0.3 is 0 Å². The Balaban J connectivity index is 1.78. The molecule has 2 nitrogen and oxygen atoms in total. The summed E-state index contributed by atoms with van der Waals surface area (Å²) >= 11 is 8.30. The Kier molecular flexibility index (Phi) is 5.90. The molecule has 0 saturated heterocycles. The van der Waals surface area contributed by atoms with E-state index in [0.29, 0.717) is 5.92 Å². The van der Waals surface area contributed by atoms with Gasteiger partial charge in [-0.25, -0.2) is 0 Å². The van der Waals surface area contributed by atoms with E-state index in [-0.39, 0.29) is 5.91 Å². The zero-order valence-corrected chi connectivity index (χ0v) is 15.0. The molecule has 0 atom stereocenters. The number of carbonyl (C=O) groups excluding carboxylic acids is 1. The van der Waals surface area contributed by atoms with Gasteiger partial charge in [0.25, 0.3) is 5.91 Å². The van der Waals surface area contributed by atoms with Crippen LogP contribution in [0.15, 0.2) is 14.3 Å². The van der Waals surface area contributed by atoms with Crippen molar-refractivity contribution in [1.82, 2.24) is 5.32 Å². The predicted octanol–water partition coefficient (Wildman–Crippen LogP) is 5.22. The number of nitrogens with one attached hydrogen (secondary N) is 1. The summed E-state index contributed by atoms with van der Waals surface area (Å²) in [6.45, 7) is 3.10. The molecule has 1 saturated carbocycles. The van der Waals surface area contributed by atoms with E-state index in [0.717, 1.165) is 25.6 Å². The summed E-state index contributed by atoms with van der Waals surface area (Å²) in [7, 11) is 0. The monoisotopic (exact) mass is 407 g/mol. The molecule has 1 heterocycles. The lowest BCUT2D eigenvalue weighted by Gasteiger charge is -2.27. The molecule has 106 valence electrons. The first kappa shape index (κ1) is 15.5. The molecule has 1 fully saturated rings. The summed E-state index contributed by atoms with van der Waals surface area (Å²) in [6, 6.07) is 1.87. The second-order valence-corrected chi connectivity index (χ2v) is 8.46. The fraction of sp³-hybridized carbons (Fsp3) is 0.643. The number of halogens is 2. The topological polar surface area (TPSA) is 29.1 Å². The van der Waals surface area contributed by atoms with Crippen molar-refractivity contribution < 1.29 is 4.79 Å². The van der Waals surface area contributed by atoms with Crippen molar-refractivity contribution in [2.45, 2.75) is 39.0 Å². The van der Waals surface area contributed by atoms with E-state index in [1.54, 1.807) is 0 Å². The lowest BCUT2D eigenvalue weighted by Crippen LogP contribution is -2.30. The lowest BCUT2D eigenvalue weighted by atomic mass is 9.81. The van der Waals surface area contributed by atoms with E-state index < -0.39 is 0 Å². The maximum Gasteiger partial charge on any atom is 0.261 e. The fourth-order valence-corrected chi connectivity index (χ4v) is 4.58. The average Bonchev–Trinajstić information content (AvgIpc) is 2.77. The first-order chi connectivity index (χ1) is 9.10. The molecule has 1 amide bonds. The molecule has 0 aromatic carbocycles. The van der Waals surface area contributed by atoms with Crippen molar-refractivity contribution in [2.75, 3.05) is 6.54 Å². The molecule has 0 radical (unpaired) electrons. The van der Waals surface area contributed by atoms with Crippen molar-refractivity contribution >= 4 is 49.1 Å². The largest absolute Gasteiger partial charge is 0.351 e. The number of hydrogen-bond donors (Lipinski definition) is 1. The minimum Gasteiger partial charge on any atom is -0.351 e. The third kappa shape index (κ3) is 4.30. The summed E-state index contributed by atoms with van der Waals surface area (Å²) in [4.78, 5) is 12.8. The average molecular weight is 409 g/mol. The van der Waals surface area contributed by atoms with E-state index in [2.05, 4.69) is 44.1 Å². The van der Waals surface area contributed by atoms with Crippen LogP contribution in [0.25, 0.3) is 0 Å². The van der Waals surface area contributed by atoms with Gasteiger partial charge in [-0.1, -0.05) is 26.2 Å². The molecule has 1 aromatic heterocycles. The molecule has 5 heteroatoms. The maximum atomic E-state index is 12.0. The van der Waals surface area contributed by atoms with Crippen LogP contribution in [-0.2, 0) is 0 Å². The van der Waals surface area contributed by atoms with Gasteiger partial charge in [-0.15, -0.1) is 11.3 Å². The van der Waals surface area contributed by atoms with Crippen molar-refractivity contribution in [3.8, 4) is 0 Å². The first-order valence-corrected chi connectivity index (χ1v) is 9.23. The number of amides is 1. The molecule has 0 bridgehead atoms. The van der Waals surface area contributed by atoms with Gasteiger partial charge in [-0.3, -0.25) is 4.79 Å². The third-order valence-electron chi connectivity index (χ3n) is 3.96. The summed E-state index contributed by atoms with van der Waals surface area (Å²) in [5.74, 6) is 1.63. The van der Waals surface area contributed by atoms with Crippen LogP contribution in [-0.4, -0.2) is 12.5 Å². The Labute approximate surface area is 135 Å². The van der Waals surface area contributed by atoms with Crippen LogP contribution in [0.5, 0.6) is 0 Å². The predicted molar refractivity (Wildman–Crippen MR) is 87.8 cm³/mol. The molecule has 1 N–H and O–H groups in total. The van der Waals surface area contributed by atoms with Crippen LogP contribution in [0.2, 0.25) is 0 Å². The minimum atomic E-state index is 0.0500. The number of carbonyl (C=O) groups is 1. The van der Waals surface area contributed by atoms with Crippen molar-refractivity contribution in [1.29, 1.82) is 0 Å². The molecule has 0 unspecified atom stereocenters. The van der Waals surface area contributed by atoms with Gasteiger partial charge in [0.1, 0.15) is 0 Å². The first-order valence-electron chi connectivity index (χ1n) is 6.83. The Bertz CT molecular complexity index is 419. The number of thiophene rings is 1.